The Morgan fingerprint density at radius 1 is 1.29 bits per heavy atom. The molecule has 0 fully saturated rings. The van der Waals surface area contributed by atoms with Crippen LogP contribution in [0.5, 0.6) is 0 Å². The molecule has 2 rings (SSSR count). The Labute approximate surface area is 83.2 Å². The Morgan fingerprint density at radius 3 is 2.57 bits per heavy atom. The lowest BCUT2D eigenvalue weighted by Crippen LogP contribution is -2.04. The Hall–Kier alpha value is -1.41. The van der Waals surface area contributed by atoms with E-state index in [1.807, 2.05) is 36.4 Å². The highest BCUT2D eigenvalue weighted by Gasteiger charge is 2.24. The largest absolute Gasteiger partial charge is 0.377 e. The van der Waals surface area contributed by atoms with Crippen molar-refractivity contribution in [2.45, 2.75) is 12.5 Å². The van der Waals surface area contributed by atoms with Crippen LogP contribution in [0, 0.1) is 0 Å². The number of Topliss-reactive ketones (excluding diaryl/α,β-unsaturated/α-hetero) is 1. The molecule has 1 atom stereocenters. The molecule has 1 aromatic carbocycles. The van der Waals surface area contributed by atoms with E-state index in [-0.39, 0.29) is 11.9 Å². The van der Waals surface area contributed by atoms with Crippen LogP contribution in [0.25, 0.3) is 5.57 Å². The van der Waals surface area contributed by atoms with Crippen molar-refractivity contribution in [3.63, 3.8) is 0 Å². The van der Waals surface area contributed by atoms with Crippen LogP contribution in [0.2, 0.25) is 0 Å². The number of carbonyl (C=O) groups is 1. The van der Waals surface area contributed by atoms with Crippen LogP contribution in [-0.4, -0.2) is 19.0 Å². The molecular formula is C12H12O2. The molecule has 0 spiro atoms. The molecule has 0 saturated heterocycles. The minimum atomic E-state index is -0.0438. The van der Waals surface area contributed by atoms with Crippen LogP contribution in [0.15, 0.2) is 36.4 Å². The van der Waals surface area contributed by atoms with Crippen LogP contribution in [0.1, 0.15) is 12.0 Å². The third-order valence-corrected chi connectivity index (χ3v) is 2.43. The lowest BCUT2D eigenvalue weighted by atomic mass is 10.1. The summed E-state index contributed by atoms with van der Waals surface area (Å²) in [5.41, 5.74) is 1.77. The van der Waals surface area contributed by atoms with E-state index < -0.39 is 0 Å². The molecule has 0 aliphatic heterocycles. The van der Waals surface area contributed by atoms with E-state index in [2.05, 4.69) is 0 Å². The van der Waals surface area contributed by atoms with Crippen LogP contribution >= 0.6 is 0 Å². The molecule has 0 heterocycles. The number of methoxy groups -OCH3 is 1. The van der Waals surface area contributed by atoms with Crippen molar-refractivity contribution in [2.75, 3.05) is 7.11 Å². The molecule has 0 aromatic heterocycles. The van der Waals surface area contributed by atoms with Gasteiger partial charge in [-0.25, -0.2) is 0 Å². The smallest absolute Gasteiger partial charge is 0.166 e. The third kappa shape index (κ3) is 1.61. The quantitative estimate of drug-likeness (QED) is 0.710. The van der Waals surface area contributed by atoms with Gasteiger partial charge in [0.15, 0.2) is 5.78 Å². The SMILES string of the molecule is COC1C=C(c2ccccc2)C(=O)C1. The predicted molar refractivity (Wildman–Crippen MR) is 54.8 cm³/mol. The van der Waals surface area contributed by atoms with Gasteiger partial charge in [-0.3, -0.25) is 4.79 Å². The number of hydrogen-bond acceptors (Lipinski definition) is 2. The maximum absolute atomic E-state index is 11.6. The van der Waals surface area contributed by atoms with E-state index in [1.165, 1.54) is 0 Å². The molecule has 72 valence electrons. The fourth-order valence-corrected chi connectivity index (χ4v) is 1.66. The number of ketones is 1. The summed E-state index contributed by atoms with van der Waals surface area (Å²) in [5, 5.41) is 0. The van der Waals surface area contributed by atoms with Gasteiger partial charge in [0.25, 0.3) is 0 Å². The van der Waals surface area contributed by atoms with Crippen LogP contribution in [0.3, 0.4) is 0 Å². The van der Waals surface area contributed by atoms with E-state index in [0.717, 1.165) is 11.1 Å². The molecule has 14 heavy (non-hydrogen) atoms. The monoisotopic (exact) mass is 188 g/mol. The predicted octanol–water partition coefficient (Wildman–Crippen LogP) is 2.06. The molecule has 1 unspecified atom stereocenters. The first-order valence-corrected chi connectivity index (χ1v) is 4.64. The molecule has 0 N–H and O–H groups in total. The molecule has 0 radical (unpaired) electrons. The summed E-state index contributed by atoms with van der Waals surface area (Å²) in [6.45, 7) is 0. The highest BCUT2D eigenvalue weighted by atomic mass is 16.5. The van der Waals surface area contributed by atoms with Gasteiger partial charge >= 0.3 is 0 Å². The highest BCUT2D eigenvalue weighted by Crippen LogP contribution is 2.25. The number of carbonyl (C=O) groups excluding carboxylic acids is 1. The molecule has 0 amide bonds. The number of rotatable bonds is 2. The molecule has 1 aromatic rings. The number of allylic oxidation sites excluding steroid dienone is 1. The van der Waals surface area contributed by atoms with Crippen LogP contribution < -0.4 is 0 Å². The zero-order valence-electron chi connectivity index (χ0n) is 8.07. The van der Waals surface area contributed by atoms with Crippen molar-refractivity contribution < 1.29 is 9.53 Å². The number of benzene rings is 1. The van der Waals surface area contributed by atoms with Gasteiger partial charge < -0.3 is 4.74 Å². The second kappa shape index (κ2) is 3.76. The van der Waals surface area contributed by atoms with Crippen molar-refractivity contribution in [3.05, 3.63) is 42.0 Å². The first-order chi connectivity index (χ1) is 6.81. The molecule has 2 nitrogen and oxygen atoms in total. The summed E-state index contributed by atoms with van der Waals surface area (Å²) in [6, 6.07) is 9.70. The van der Waals surface area contributed by atoms with Crippen LogP contribution in [0.4, 0.5) is 0 Å². The highest BCUT2D eigenvalue weighted by molar-refractivity contribution is 6.23. The molecule has 1 aliphatic rings. The summed E-state index contributed by atoms with van der Waals surface area (Å²) < 4.78 is 5.14. The van der Waals surface area contributed by atoms with Crippen molar-refractivity contribution in [1.82, 2.24) is 0 Å². The van der Waals surface area contributed by atoms with Gasteiger partial charge in [-0.05, 0) is 11.6 Å². The van der Waals surface area contributed by atoms with Gasteiger partial charge in [0, 0.05) is 19.1 Å². The van der Waals surface area contributed by atoms with Gasteiger partial charge in [-0.2, -0.15) is 0 Å². The lowest BCUT2D eigenvalue weighted by molar-refractivity contribution is -0.114. The fraction of sp³-hybridized carbons (Fsp3) is 0.250. The molecule has 0 saturated carbocycles. The Morgan fingerprint density at radius 2 is 2.00 bits per heavy atom. The topological polar surface area (TPSA) is 26.3 Å². The lowest BCUT2D eigenvalue weighted by Gasteiger charge is -1.99. The summed E-state index contributed by atoms with van der Waals surface area (Å²) in [6.07, 6.45) is 2.33. The standard InChI is InChI=1S/C12H12O2/c1-14-10-7-11(12(13)8-10)9-5-3-2-4-6-9/h2-7,10H,8H2,1H3. The molecule has 0 bridgehead atoms. The van der Waals surface area contributed by atoms with E-state index in [9.17, 15) is 4.79 Å². The average Bonchev–Trinajstić information content (AvgIpc) is 2.61. The average molecular weight is 188 g/mol. The summed E-state index contributed by atoms with van der Waals surface area (Å²) >= 11 is 0. The van der Waals surface area contributed by atoms with E-state index in [1.54, 1.807) is 7.11 Å². The minimum absolute atomic E-state index is 0.0438. The van der Waals surface area contributed by atoms with E-state index >= 15 is 0 Å². The zero-order valence-corrected chi connectivity index (χ0v) is 8.07. The van der Waals surface area contributed by atoms with Crippen molar-refractivity contribution >= 4 is 11.4 Å². The van der Waals surface area contributed by atoms with Gasteiger partial charge in [0.1, 0.15) is 0 Å². The maximum atomic E-state index is 11.6. The molecule has 2 heteroatoms. The van der Waals surface area contributed by atoms with E-state index in [0.29, 0.717) is 6.42 Å². The van der Waals surface area contributed by atoms with Gasteiger partial charge in [0.2, 0.25) is 0 Å². The zero-order chi connectivity index (χ0) is 9.97. The molecule has 1 aliphatic carbocycles. The summed E-state index contributed by atoms with van der Waals surface area (Å²) in [5.74, 6) is 0.169. The summed E-state index contributed by atoms with van der Waals surface area (Å²) in [7, 11) is 1.63. The third-order valence-electron chi connectivity index (χ3n) is 2.43. The van der Waals surface area contributed by atoms with Crippen molar-refractivity contribution in [3.8, 4) is 0 Å². The van der Waals surface area contributed by atoms with Gasteiger partial charge in [-0.15, -0.1) is 0 Å². The van der Waals surface area contributed by atoms with Gasteiger partial charge in [0.05, 0.1) is 6.10 Å². The second-order valence-electron chi connectivity index (χ2n) is 3.35. The minimum Gasteiger partial charge on any atom is -0.377 e. The van der Waals surface area contributed by atoms with Gasteiger partial charge in [-0.1, -0.05) is 30.3 Å². The van der Waals surface area contributed by atoms with E-state index in [4.69, 9.17) is 4.74 Å². The fourth-order valence-electron chi connectivity index (χ4n) is 1.66. The molecular weight excluding hydrogens is 176 g/mol. The maximum Gasteiger partial charge on any atom is 0.166 e. The van der Waals surface area contributed by atoms with Crippen LogP contribution in [-0.2, 0) is 9.53 Å². The van der Waals surface area contributed by atoms with Crippen molar-refractivity contribution in [2.24, 2.45) is 0 Å². The first kappa shape index (κ1) is 9.16. The second-order valence-corrected chi connectivity index (χ2v) is 3.35. The Bertz CT molecular complexity index is 365. The Kier molecular flexibility index (Phi) is 2.46. The van der Waals surface area contributed by atoms with Crippen molar-refractivity contribution in [1.29, 1.82) is 0 Å². The number of hydrogen-bond donors (Lipinski definition) is 0. The normalized spacial score (nSPS) is 21.1. The Balaban J connectivity index is 2.31. The first-order valence-electron chi connectivity index (χ1n) is 4.64. The number of ether oxygens (including phenoxy) is 1. The summed E-state index contributed by atoms with van der Waals surface area (Å²) in [4.78, 5) is 11.6.